The lowest BCUT2D eigenvalue weighted by Gasteiger charge is -2.64. The van der Waals surface area contributed by atoms with Gasteiger partial charge in [0.1, 0.15) is 0 Å². The van der Waals surface area contributed by atoms with Crippen LogP contribution in [0.25, 0.3) is 0 Å². The fourth-order valence-corrected chi connectivity index (χ4v) is 1420. The highest BCUT2D eigenvalue weighted by Gasteiger charge is 2.67. The third-order valence-corrected chi connectivity index (χ3v) is 687. The Kier molecular flexibility index (Phi) is 107. The van der Waals surface area contributed by atoms with Crippen molar-refractivity contribution in [1.82, 2.24) is 0 Å². The van der Waals surface area contributed by atoms with Gasteiger partial charge >= 0.3 is 0 Å². The first-order valence-electron chi connectivity index (χ1n) is 21.7. The first kappa shape index (κ1) is 137. The molecule has 0 saturated carbocycles. The van der Waals surface area contributed by atoms with E-state index in [1.807, 2.05) is 0 Å². The number of hydrogen-bond donors (Lipinski definition) is 0. The molecule has 0 aromatic carbocycles. The predicted molar refractivity (Wildman–Crippen MR) is 797 cm³/mol. The van der Waals surface area contributed by atoms with Crippen molar-refractivity contribution in [3.05, 3.63) is 0 Å². The van der Waals surface area contributed by atoms with Crippen LogP contribution in [0.1, 0.15) is 0 Å². The van der Waals surface area contributed by atoms with Gasteiger partial charge in [-0.25, -0.2) is 6.99 Å². The molecule has 55 unspecified atom stereocenters. The Labute approximate surface area is 753 Å². The van der Waals surface area contributed by atoms with E-state index in [-0.39, 0.29) is 0 Å². The Morgan fingerprint density at radius 3 is 0.271 bits per heavy atom. The molecule has 0 aliphatic carbocycles. The minimum atomic E-state index is -0.652. The highest BCUT2D eigenvalue weighted by molar-refractivity contribution is 9.60. The van der Waals surface area contributed by atoms with Crippen LogP contribution in [0.5, 0.6) is 0 Å². The van der Waals surface area contributed by atoms with E-state index in [9.17, 15) is 0 Å². The lowest BCUT2D eigenvalue weighted by atomic mass is 28.3. The van der Waals surface area contributed by atoms with Gasteiger partial charge in [-0.3, -0.25) is 0 Å². The van der Waals surface area contributed by atoms with Crippen LogP contribution in [-0.4, -0.2) is 0 Å². The van der Waals surface area contributed by atoms with Gasteiger partial charge in [-0.15, -0.1) is 411 Å². The van der Waals surface area contributed by atoms with Crippen molar-refractivity contribution >= 4 is 766 Å². The summed E-state index contributed by atoms with van der Waals surface area (Å²) in [6, 6.07) is 0. The molecule has 578 valence electrons. The van der Waals surface area contributed by atoms with E-state index in [0.717, 1.165) is 0 Å². The Balaban J connectivity index is 14.3. The normalized spacial score (nSPS) is 17.3. The van der Waals surface area contributed by atoms with Crippen molar-refractivity contribution in [2.75, 3.05) is 0 Å². The minimum absolute atomic E-state index is 0.414. The van der Waals surface area contributed by atoms with Crippen molar-refractivity contribution in [1.29, 1.82) is 0 Å². The van der Waals surface area contributed by atoms with Gasteiger partial charge < -0.3 is 33.8 Å². The fraction of sp³-hybridized carbons (Fsp3) is 0. The molecule has 0 saturated heterocycles. The second kappa shape index (κ2) is 75.1. The molecule has 0 fully saturated rings. The molecule has 0 aliphatic rings. The standard InChI is InChI=1S/H95P96/c1-50(2)74(49)86(73(47)48)92(85(71(43)44)72(45)46)95(91(83(67(35)36)68(37)38)84(69(39)40)70(41)42)96(93(87(75(51(3)4)52(5)6)76(53(7)8)54(9)10)88(77(55(11)12)56(13)14)78(57(15)16)58(17)18)94(89(79(59(19)20)60(21)22)80(61(23)24)62(25)26)90(81(63(27)28)64(29)30)82(65(31)32)66(33)34/h1-3H,4-49H2/q-3. The highest BCUT2D eigenvalue weighted by Crippen LogP contribution is 3.54. The molecule has 55 atom stereocenters. The Hall–Kier alpha value is 41.3. The average molecular weight is 3070 g/mol. The summed E-state index contributed by atoms with van der Waals surface area (Å²) in [5, 5.41) is 0. The molecule has 0 radical (unpaired) electrons. The monoisotopic (exact) mass is 3070 g/mol. The van der Waals surface area contributed by atoms with E-state index in [1.54, 1.807) is 0 Å². The Morgan fingerprint density at radius 2 is 0.188 bits per heavy atom. The SMILES string of the molecule is [PH-]P([PH-])P(P)P(P(P)P)P(P(P(P)P)P(P)P)P(P(P(P(P)P)P(P)P)P(P(P)P)P(P)P)P(P(P(P(P([PH-])P)P(P)P)P(P(P)P)P(P)P)P(P(P(P)P)P(P)P)P(P(P)P)P(P)P)P(P(P(P(P)P)P(P)P)P(P(P)P)P(P)P)P(P(P(P)P)P(P)P)P(P(P)P)P(P)P. The molecule has 0 aliphatic heterocycles. The molecular weight excluding hydrogens is 2970 g/mol. The summed E-state index contributed by atoms with van der Waals surface area (Å²) in [5.74, 6) is 0. The summed E-state index contributed by atoms with van der Waals surface area (Å²) in [4.78, 5) is 0. The predicted octanol–water partition coefficient (Wildman–Crippen LogP) is 57.2. The third-order valence-electron chi connectivity index (χ3n) is 8.49. The zero-order chi connectivity index (χ0) is 76.1. The first-order valence-corrected chi connectivity index (χ1v) is 196. The van der Waals surface area contributed by atoms with E-state index in [0.29, 0.717) is 0 Å². The minimum Gasteiger partial charge on any atom is -0.553 e. The van der Waals surface area contributed by atoms with Crippen LogP contribution in [0.3, 0.4) is 0 Å². The summed E-state index contributed by atoms with van der Waals surface area (Å²) in [6.45, 7) is -21.9. The summed E-state index contributed by atoms with van der Waals surface area (Å²) in [7, 11) is 188. The maximum Gasteiger partial charge on any atom is -0.00000177 e. The second-order valence-electron chi connectivity index (χ2n) is 15.2. The van der Waals surface area contributed by atoms with Crippen LogP contribution in [0.2, 0.25) is 0 Å². The molecule has 96 heteroatoms. The van der Waals surface area contributed by atoms with Gasteiger partial charge in [0.05, 0.1) is 0 Å². The summed E-state index contributed by atoms with van der Waals surface area (Å²) >= 11 is 0. The molecule has 0 heterocycles. The lowest BCUT2D eigenvalue weighted by Crippen LogP contribution is -1.77. The van der Waals surface area contributed by atoms with Gasteiger partial charge in [-0.05, 0) is 307 Å². The van der Waals surface area contributed by atoms with Crippen molar-refractivity contribution in [2.24, 2.45) is 0 Å². The molecule has 0 bridgehead atoms. The largest absolute Gasteiger partial charge is 0.553 e. The molecule has 0 rings (SSSR count). The van der Waals surface area contributed by atoms with Crippen molar-refractivity contribution in [3.8, 4) is 0 Å². The van der Waals surface area contributed by atoms with Gasteiger partial charge in [-0.2, -0.15) is 0 Å². The molecule has 96 heavy (non-hydrogen) atoms. The van der Waals surface area contributed by atoms with E-state index in [4.69, 9.17) is 26.8 Å². The van der Waals surface area contributed by atoms with E-state index in [1.165, 1.54) is 0 Å². The average Bonchev–Trinajstić information content (AvgIpc) is 3.36. The maximum absolute atomic E-state index is 5.02. The van der Waals surface area contributed by atoms with Gasteiger partial charge in [-0.1, -0.05) is 6.99 Å². The molecule has 0 aromatic rings. The molecular formula is H95P96-3. The topological polar surface area (TPSA) is 0 Å². The van der Waals surface area contributed by atoms with Gasteiger partial charge in [0.25, 0.3) is 0 Å². The second-order valence-corrected chi connectivity index (χ2v) is 411. The number of hydrogen-bond acceptors (Lipinski definition) is 0. The van der Waals surface area contributed by atoms with E-state index < -0.39 is 328 Å². The lowest BCUT2D eigenvalue weighted by molar-refractivity contribution is 4.29. The fourth-order valence-electron chi connectivity index (χ4n) is 5.84. The van der Waals surface area contributed by atoms with Crippen LogP contribution in [0.15, 0.2) is 0 Å². The van der Waals surface area contributed by atoms with Crippen LogP contribution in [-0.2, 0) is 0 Å². The first-order chi connectivity index (χ1) is 43.6. The zero-order valence-corrected chi connectivity index (χ0v) is 147. The van der Waals surface area contributed by atoms with Crippen molar-refractivity contribution in [2.45, 2.75) is 0 Å². The summed E-state index contributed by atoms with van der Waals surface area (Å²) < 4.78 is 0. The molecule has 0 spiro atoms. The molecule has 0 nitrogen and oxygen atoms in total. The van der Waals surface area contributed by atoms with Crippen LogP contribution >= 0.6 is 766 Å². The van der Waals surface area contributed by atoms with Crippen molar-refractivity contribution < 1.29 is 0 Å². The molecule has 0 N–H and O–H groups in total. The van der Waals surface area contributed by atoms with Crippen molar-refractivity contribution in [3.63, 3.8) is 0 Å². The van der Waals surface area contributed by atoms with Gasteiger partial charge in [0.2, 0.25) is 0 Å². The Bertz CT molecular complexity index is 1600. The molecule has 0 aromatic heterocycles. The summed E-state index contributed by atoms with van der Waals surface area (Å²) in [5.41, 5.74) is 0. The smallest absolute Gasteiger partial charge is 0.00000177 e. The van der Waals surface area contributed by atoms with Gasteiger partial charge in [0.15, 0.2) is 0 Å². The Morgan fingerprint density at radius 1 is 0.104 bits per heavy atom. The third kappa shape index (κ3) is 48.1. The van der Waals surface area contributed by atoms with E-state index >= 15 is 0 Å². The molecule has 0 amide bonds. The summed E-state index contributed by atoms with van der Waals surface area (Å²) in [6.07, 6.45) is 0. The van der Waals surface area contributed by atoms with Gasteiger partial charge in [0, 0.05) is 0 Å². The van der Waals surface area contributed by atoms with Crippen LogP contribution in [0.4, 0.5) is 0 Å². The van der Waals surface area contributed by atoms with Crippen LogP contribution in [0, 0.1) is 0 Å². The van der Waals surface area contributed by atoms with E-state index in [2.05, 4.69) is 411 Å². The zero-order valence-electron chi connectivity index (χ0n) is 49.1. The quantitative estimate of drug-likeness (QED) is 0.0533. The number of rotatable bonds is 46. The highest BCUT2D eigenvalue weighted by atomic mass is 33.7. The maximum atomic E-state index is 5.02. The van der Waals surface area contributed by atoms with Crippen LogP contribution < -0.4 is 0 Å².